The summed E-state index contributed by atoms with van der Waals surface area (Å²) < 4.78 is 2.52. The first kappa shape index (κ1) is 19.7. The van der Waals surface area contributed by atoms with Gasteiger partial charge >= 0.3 is 5.69 Å². The predicted molar refractivity (Wildman–Crippen MR) is 121 cm³/mol. The normalized spacial score (nSPS) is 14.8. The number of aryl methyl sites for hydroxylation is 1. The molecule has 1 saturated heterocycles. The van der Waals surface area contributed by atoms with Crippen molar-refractivity contribution < 1.29 is 4.79 Å². The number of benzene rings is 1. The van der Waals surface area contributed by atoms with E-state index < -0.39 is 5.69 Å². The Kier molecular flexibility index (Phi) is 5.14. The number of aromatic nitrogens is 5. The molecule has 1 aliphatic rings. The highest BCUT2D eigenvalue weighted by molar-refractivity contribution is 7.21. The van der Waals surface area contributed by atoms with Gasteiger partial charge in [-0.15, -0.1) is 5.10 Å². The number of nitrogens with zero attached hydrogens (tertiary/aromatic N) is 6. The minimum atomic E-state index is -0.409. The summed E-state index contributed by atoms with van der Waals surface area (Å²) in [6, 6.07) is 7.50. The monoisotopic (exact) mass is 437 g/mol. The Balaban J connectivity index is 1.45. The molecule has 4 heterocycles. The van der Waals surface area contributed by atoms with Crippen LogP contribution in [0.25, 0.3) is 16.0 Å². The molecule has 0 spiro atoms. The molecule has 1 N–H and O–H groups in total. The molecular weight excluding hydrogens is 414 g/mol. The molecule has 0 aliphatic carbocycles. The second-order valence-corrected chi connectivity index (χ2v) is 8.75. The second kappa shape index (κ2) is 8.10. The molecule has 1 amide bonds. The highest BCUT2D eigenvalue weighted by Crippen LogP contribution is 2.30. The zero-order valence-electron chi connectivity index (χ0n) is 17.2. The van der Waals surface area contributed by atoms with Crippen molar-refractivity contribution in [3.05, 3.63) is 46.6 Å². The fraction of sp³-hybridized carbons (Fsp3) is 0.381. The number of carbonyl (C=O) groups is 1. The number of carbonyl (C=O) groups excluding carboxylic acids is 1. The summed E-state index contributed by atoms with van der Waals surface area (Å²) >= 11 is 1.52. The molecule has 31 heavy (non-hydrogen) atoms. The molecule has 5 rings (SSSR count). The van der Waals surface area contributed by atoms with E-state index in [2.05, 4.69) is 20.3 Å². The van der Waals surface area contributed by atoms with Gasteiger partial charge in [-0.3, -0.25) is 4.79 Å². The molecule has 1 fully saturated rings. The number of anilines is 2. The van der Waals surface area contributed by atoms with Gasteiger partial charge in [0.15, 0.2) is 15.6 Å². The third kappa shape index (κ3) is 3.78. The molecule has 4 aromatic rings. The number of para-hydroxylation sites is 1. The van der Waals surface area contributed by atoms with Gasteiger partial charge in [0.05, 0.1) is 0 Å². The number of rotatable bonds is 4. The van der Waals surface area contributed by atoms with Gasteiger partial charge < -0.3 is 10.2 Å². The lowest BCUT2D eigenvalue weighted by atomic mass is 10.2. The summed E-state index contributed by atoms with van der Waals surface area (Å²) in [6.07, 6.45) is 6.27. The van der Waals surface area contributed by atoms with E-state index in [0.717, 1.165) is 51.8 Å². The molecule has 160 valence electrons. The topological polar surface area (TPSA) is 97.4 Å². The Morgan fingerprint density at radius 2 is 1.94 bits per heavy atom. The smallest absolute Gasteiger partial charge is 0.348 e. The van der Waals surface area contributed by atoms with Crippen LogP contribution in [0.15, 0.2) is 35.4 Å². The van der Waals surface area contributed by atoms with Gasteiger partial charge in [-0.2, -0.15) is 0 Å². The van der Waals surface area contributed by atoms with E-state index in [9.17, 15) is 9.59 Å². The van der Waals surface area contributed by atoms with E-state index in [1.807, 2.05) is 31.2 Å². The number of thiazole rings is 1. The lowest BCUT2D eigenvalue weighted by Gasteiger charge is -2.18. The summed E-state index contributed by atoms with van der Waals surface area (Å²) in [5, 5.41) is 8.16. The quantitative estimate of drug-likeness (QED) is 0.527. The van der Waals surface area contributed by atoms with Gasteiger partial charge in [0.1, 0.15) is 18.4 Å². The standard InChI is InChI=1S/C21H23N7O2S/c1-14-8-4-5-9-15(14)23-16(29)12-28-21(30)27-13-22-19-17(18(27)25-28)24-20(31-19)26-10-6-2-3-7-11-26/h4-5,8-9,13H,2-3,6-7,10-12H2,1H3,(H,23,29). The number of hydrogen-bond acceptors (Lipinski definition) is 7. The van der Waals surface area contributed by atoms with Gasteiger partial charge in [-0.1, -0.05) is 42.4 Å². The van der Waals surface area contributed by atoms with Crippen LogP contribution in [0.2, 0.25) is 0 Å². The van der Waals surface area contributed by atoms with Crippen molar-refractivity contribution in [1.82, 2.24) is 24.1 Å². The predicted octanol–water partition coefficient (Wildman–Crippen LogP) is 2.83. The van der Waals surface area contributed by atoms with E-state index >= 15 is 0 Å². The first-order valence-corrected chi connectivity index (χ1v) is 11.3. The Morgan fingerprint density at radius 1 is 1.16 bits per heavy atom. The van der Waals surface area contributed by atoms with E-state index in [0.29, 0.717) is 11.2 Å². The van der Waals surface area contributed by atoms with Crippen LogP contribution in [0.4, 0.5) is 10.8 Å². The van der Waals surface area contributed by atoms with Crippen LogP contribution >= 0.6 is 11.3 Å². The minimum absolute atomic E-state index is 0.181. The van der Waals surface area contributed by atoms with Crippen molar-refractivity contribution in [2.45, 2.75) is 39.2 Å². The third-order valence-corrected chi connectivity index (χ3v) is 6.58. The van der Waals surface area contributed by atoms with Crippen LogP contribution in [0.3, 0.4) is 0 Å². The summed E-state index contributed by atoms with van der Waals surface area (Å²) in [5.74, 6) is -0.312. The second-order valence-electron chi connectivity index (χ2n) is 7.79. The summed E-state index contributed by atoms with van der Waals surface area (Å²) in [5.41, 5.74) is 2.29. The van der Waals surface area contributed by atoms with Crippen molar-refractivity contribution in [1.29, 1.82) is 0 Å². The van der Waals surface area contributed by atoms with Gasteiger partial charge in [0.25, 0.3) is 0 Å². The van der Waals surface area contributed by atoms with Gasteiger partial charge in [0, 0.05) is 18.8 Å². The maximum absolute atomic E-state index is 12.8. The Bertz CT molecular complexity index is 1310. The SMILES string of the molecule is Cc1ccccc1NC(=O)Cn1nc2c3nc(N4CCCCCC4)sc3ncn2c1=O. The first-order valence-electron chi connectivity index (χ1n) is 10.5. The van der Waals surface area contributed by atoms with Crippen molar-refractivity contribution in [3.63, 3.8) is 0 Å². The fourth-order valence-electron chi connectivity index (χ4n) is 3.87. The number of hydrogen-bond donors (Lipinski definition) is 1. The Morgan fingerprint density at radius 3 is 2.71 bits per heavy atom. The molecule has 9 nitrogen and oxygen atoms in total. The van der Waals surface area contributed by atoms with Crippen LogP contribution in [-0.2, 0) is 11.3 Å². The van der Waals surface area contributed by atoms with Crippen molar-refractivity contribution >= 4 is 44.1 Å². The van der Waals surface area contributed by atoms with Gasteiger partial charge in [-0.25, -0.2) is 23.8 Å². The molecule has 0 saturated carbocycles. The molecule has 1 aliphatic heterocycles. The average molecular weight is 438 g/mol. The van der Waals surface area contributed by atoms with Crippen LogP contribution in [0.5, 0.6) is 0 Å². The molecule has 3 aromatic heterocycles. The van der Waals surface area contributed by atoms with E-state index in [4.69, 9.17) is 4.98 Å². The number of amides is 1. The lowest BCUT2D eigenvalue weighted by molar-refractivity contribution is -0.117. The molecule has 0 atom stereocenters. The van der Waals surface area contributed by atoms with E-state index in [-0.39, 0.29) is 12.5 Å². The Labute approximate surface area is 182 Å². The van der Waals surface area contributed by atoms with Crippen molar-refractivity contribution in [2.24, 2.45) is 0 Å². The fourth-order valence-corrected chi connectivity index (χ4v) is 4.82. The van der Waals surface area contributed by atoms with Crippen LogP contribution in [0, 0.1) is 6.92 Å². The molecule has 0 bridgehead atoms. The number of nitrogens with one attached hydrogen (secondary N) is 1. The van der Waals surface area contributed by atoms with Crippen molar-refractivity contribution in [2.75, 3.05) is 23.3 Å². The zero-order chi connectivity index (χ0) is 21.4. The van der Waals surface area contributed by atoms with Crippen LogP contribution in [0.1, 0.15) is 31.2 Å². The lowest BCUT2D eigenvalue weighted by Crippen LogP contribution is -2.28. The van der Waals surface area contributed by atoms with Crippen molar-refractivity contribution in [3.8, 4) is 0 Å². The van der Waals surface area contributed by atoms with E-state index in [1.54, 1.807) is 0 Å². The van der Waals surface area contributed by atoms with Crippen LogP contribution in [-0.4, -0.2) is 43.1 Å². The van der Waals surface area contributed by atoms with Gasteiger partial charge in [-0.05, 0) is 31.4 Å². The van der Waals surface area contributed by atoms with E-state index in [1.165, 1.54) is 34.9 Å². The summed E-state index contributed by atoms with van der Waals surface area (Å²) in [6.45, 7) is 3.70. The molecule has 1 aromatic carbocycles. The maximum Gasteiger partial charge on any atom is 0.352 e. The average Bonchev–Trinajstić information content (AvgIpc) is 3.20. The molecule has 0 unspecified atom stereocenters. The molecule has 10 heteroatoms. The first-order chi connectivity index (χ1) is 15.1. The Hall–Kier alpha value is -3.27. The summed E-state index contributed by atoms with van der Waals surface area (Å²) in [7, 11) is 0. The molecule has 0 radical (unpaired) electrons. The maximum atomic E-state index is 12.8. The highest BCUT2D eigenvalue weighted by Gasteiger charge is 2.19. The largest absolute Gasteiger partial charge is 0.352 e. The van der Waals surface area contributed by atoms with Crippen LogP contribution < -0.4 is 15.9 Å². The third-order valence-electron chi connectivity index (χ3n) is 5.56. The molecular formula is C21H23N7O2S. The minimum Gasteiger partial charge on any atom is -0.348 e. The number of fused-ring (bicyclic) bond motifs is 3. The zero-order valence-corrected chi connectivity index (χ0v) is 18.1. The summed E-state index contributed by atoms with van der Waals surface area (Å²) in [4.78, 5) is 37.5. The van der Waals surface area contributed by atoms with Gasteiger partial charge in [0.2, 0.25) is 5.91 Å². The highest BCUT2D eigenvalue weighted by atomic mass is 32.1.